The summed E-state index contributed by atoms with van der Waals surface area (Å²) < 4.78 is 21.9. The lowest BCUT2D eigenvalue weighted by atomic mass is 10.2. The van der Waals surface area contributed by atoms with Crippen LogP contribution in [0, 0.1) is 3.57 Å². The van der Waals surface area contributed by atoms with Gasteiger partial charge in [-0.15, -0.1) is 0 Å². The van der Waals surface area contributed by atoms with Crippen LogP contribution in [-0.4, -0.2) is 50.9 Å². The zero-order valence-electron chi connectivity index (χ0n) is 19.1. The van der Waals surface area contributed by atoms with Crippen LogP contribution in [-0.2, 0) is 19.1 Å². The molecule has 0 saturated carbocycles. The number of hydrogen-bond donors (Lipinski definition) is 2. The quantitative estimate of drug-likeness (QED) is 0.129. The number of hydrogen-bond acceptors (Lipinski definition) is 8. The predicted octanol–water partition coefficient (Wildman–Crippen LogP) is 3.12. The normalized spacial score (nSPS) is 10.5. The summed E-state index contributed by atoms with van der Waals surface area (Å²) in [5, 5.41) is 6.53. The summed E-state index contributed by atoms with van der Waals surface area (Å²) in [5.74, 6) is -0.258. The number of halogens is 1. The molecule has 2 aromatic rings. The Kier molecular flexibility index (Phi) is 11.1. The molecule has 0 aromatic heterocycles. The van der Waals surface area contributed by atoms with Crippen LogP contribution in [0.15, 0.2) is 41.5 Å². The second kappa shape index (κ2) is 14.0. The lowest BCUT2D eigenvalue weighted by Gasteiger charge is -2.14. The lowest BCUT2D eigenvalue weighted by molar-refractivity contribution is -0.145. The van der Waals surface area contributed by atoms with E-state index in [9.17, 15) is 14.4 Å². The molecule has 0 heterocycles. The zero-order valence-corrected chi connectivity index (χ0v) is 21.2. The maximum atomic E-state index is 12.1. The van der Waals surface area contributed by atoms with E-state index in [1.807, 2.05) is 29.5 Å². The molecule has 2 N–H and O–H groups in total. The molecule has 0 radical (unpaired) electrons. The molecule has 2 amide bonds. The summed E-state index contributed by atoms with van der Waals surface area (Å²) >= 11 is 2.05. The van der Waals surface area contributed by atoms with Crippen molar-refractivity contribution in [2.75, 3.05) is 32.2 Å². The highest BCUT2D eigenvalue weighted by molar-refractivity contribution is 14.1. The van der Waals surface area contributed by atoms with Gasteiger partial charge >= 0.3 is 5.97 Å². The van der Waals surface area contributed by atoms with Gasteiger partial charge in [0, 0.05) is 0 Å². The van der Waals surface area contributed by atoms with Crippen molar-refractivity contribution in [1.82, 2.24) is 5.43 Å². The minimum Gasteiger partial charge on any atom is -0.495 e. The largest absolute Gasteiger partial charge is 0.495 e. The van der Waals surface area contributed by atoms with E-state index in [-0.39, 0.29) is 13.2 Å². The highest BCUT2D eigenvalue weighted by Crippen LogP contribution is 2.34. The van der Waals surface area contributed by atoms with Crippen LogP contribution in [0.4, 0.5) is 5.69 Å². The van der Waals surface area contributed by atoms with E-state index in [2.05, 4.69) is 15.8 Å². The fourth-order valence-corrected chi connectivity index (χ4v) is 3.49. The fourth-order valence-electron chi connectivity index (χ4n) is 2.71. The Balaban J connectivity index is 1.97. The molecular formula is C23H26IN3O7. The summed E-state index contributed by atoms with van der Waals surface area (Å²) in [6.45, 7) is 3.93. The number of nitrogens with zero attached hydrogens (tertiary/aromatic N) is 1. The van der Waals surface area contributed by atoms with E-state index >= 15 is 0 Å². The minimum atomic E-state index is -0.585. The molecule has 182 valence electrons. The van der Waals surface area contributed by atoms with E-state index in [1.54, 1.807) is 43.3 Å². The average Bonchev–Trinajstić information content (AvgIpc) is 2.79. The number of rotatable bonds is 12. The first-order valence-electron chi connectivity index (χ1n) is 10.4. The predicted molar refractivity (Wildman–Crippen MR) is 134 cm³/mol. The second-order valence-electron chi connectivity index (χ2n) is 6.58. The van der Waals surface area contributed by atoms with Gasteiger partial charge < -0.3 is 24.3 Å². The number of anilines is 1. The third kappa shape index (κ3) is 8.54. The van der Waals surface area contributed by atoms with Crippen LogP contribution in [0.25, 0.3) is 0 Å². The number of carbonyl (C=O) groups is 3. The summed E-state index contributed by atoms with van der Waals surface area (Å²) in [6.07, 6.45) is 0.994. The van der Waals surface area contributed by atoms with Crippen molar-refractivity contribution in [3.05, 3.63) is 45.5 Å². The van der Waals surface area contributed by atoms with E-state index in [0.29, 0.717) is 38.7 Å². The summed E-state index contributed by atoms with van der Waals surface area (Å²) in [5.41, 5.74) is 3.41. The second-order valence-corrected chi connectivity index (χ2v) is 7.74. The Bertz CT molecular complexity index is 1040. The van der Waals surface area contributed by atoms with Crippen molar-refractivity contribution < 1.29 is 33.3 Å². The molecule has 2 aromatic carbocycles. The van der Waals surface area contributed by atoms with Crippen molar-refractivity contribution in [2.45, 2.75) is 20.3 Å². The van der Waals surface area contributed by atoms with Crippen LogP contribution in [0.2, 0.25) is 0 Å². The molecule has 0 fully saturated rings. The molecule has 0 bridgehead atoms. The summed E-state index contributed by atoms with van der Waals surface area (Å²) in [7, 11) is 1.49. The number of benzene rings is 2. The van der Waals surface area contributed by atoms with Gasteiger partial charge in [0.15, 0.2) is 18.1 Å². The van der Waals surface area contributed by atoms with Crippen molar-refractivity contribution >= 4 is 52.3 Å². The Labute approximate surface area is 211 Å². The third-order valence-corrected chi connectivity index (χ3v) is 4.88. The Hall–Kier alpha value is -3.35. The van der Waals surface area contributed by atoms with Crippen LogP contribution < -0.4 is 25.0 Å². The molecular weight excluding hydrogens is 557 g/mol. The standard InChI is InChI=1S/C23H26IN3O7/c1-4-32-19-11-15(10-16(24)23(19)34-14-22(30)33-5-2)13-25-27-21(29)12-20(28)26-17-8-6-7-9-18(17)31-3/h6-11,13H,4-5,12,14H2,1-3H3,(H,26,28)(H,27,29). The van der Waals surface area contributed by atoms with Crippen molar-refractivity contribution in [3.63, 3.8) is 0 Å². The van der Waals surface area contributed by atoms with Crippen molar-refractivity contribution in [3.8, 4) is 17.2 Å². The van der Waals surface area contributed by atoms with Crippen molar-refractivity contribution in [2.24, 2.45) is 5.10 Å². The molecule has 0 aliphatic carbocycles. The number of para-hydroxylation sites is 2. The third-order valence-electron chi connectivity index (χ3n) is 4.08. The first-order chi connectivity index (χ1) is 16.4. The van der Waals surface area contributed by atoms with Crippen LogP contribution in [0.1, 0.15) is 25.8 Å². The maximum Gasteiger partial charge on any atom is 0.344 e. The van der Waals surface area contributed by atoms with Gasteiger partial charge in [-0.3, -0.25) is 9.59 Å². The zero-order chi connectivity index (χ0) is 24.9. The number of amides is 2. The number of carbonyl (C=O) groups excluding carboxylic acids is 3. The van der Waals surface area contributed by atoms with Gasteiger partial charge in [0.05, 0.1) is 35.8 Å². The first kappa shape index (κ1) is 26.9. The Morgan fingerprint density at radius 2 is 1.79 bits per heavy atom. The van der Waals surface area contributed by atoms with Gasteiger partial charge in [0.2, 0.25) is 11.8 Å². The highest BCUT2D eigenvalue weighted by atomic mass is 127. The molecule has 0 spiro atoms. The Morgan fingerprint density at radius 1 is 1.03 bits per heavy atom. The van der Waals surface area contributed by atoms with E-state index in [1.165, 1.54) is 13.3 Å². The molecule has 0 unspecified atom stereocenters. The SMILES string of the molecule is CCOC(=O)COc1c(I)cc(C=NNC(=O)CC(=O)Nc2ccccc2OC)cc1OCC. The molecule has 0 aliphatic heterocycles. The van der Waals surface area contributed by atoms with Gasteiger partial charge in [-0.1, -0.05) is 12.1 Å². The monoisotopic (exact) mass is 583 g/mol. The lowest BCUT2D eigenvalue weighted by Crippen LogP contribution is -2.24. The smallest absolute Gasteiger partial charge is 0.344 e. The molecule has 10 nitrogen and oxygen atoms in total. The van der Waals surface area contributed by atoms with Crippen LogP contribution in [0.3, 0.4) is 0 Å². The summed E-state index contributed by atoms with van der Waals surface area (Å²) in [6, 6.07) is 10.3. The van der Waals surface area contributed by atoms with Crippen LogP contribution >= 0.6 is 22.6 Å². The topological polar surface area (TPSA) is 125 Å². The number of nitrogens with one attached hydrogen (secondary N) is 2. The van der Waals surface area contributed by atoms with Crippen LogP contribution in [0.5, 0.6) is 17.2 Å². The van der Waals surface area contributed by atoms with E-state index in [0.717, 1.165) is 0 Å². The number of ether oxygens (including phenoxy) is 4. The molecule has 2 rings (SSSR count). The average molecular weight is 583 g/mol. The van der Waals surface area contributed by atoms with Gasteiger partial charge in [0.1, 0.15) is 12.2 Å². The molecule has 11 heteroatoms. The molecule has 34 heavy (non-hydrogen) atoms. The fraction of sp³-hybridized carbons (Fsp3) is 0.304. The van der Waals surface area contributed by atoms with E-state index < -0.39 is 24.2 Å². The maximum absolute atomic E-state index is 12.1. The van der Waals surface area contributed by atoms with Gasteiger partial charge in [-0.05, 0) is 66.3 Å². The summed E-state index contributed by atoms with van der Waals surface area (Å²) in [4.78, 5) is 35.8. The number of esters is 1. The first-order valence-corrected chi connectivity index (χ1v) is 11.4. The molecule has 0 aliphatic rings. The van der Waals surface area contributed by atoms with Gasteiger partial charge in [-0.25, -0.2) is 10.2 Å². The molecule has 0 atom stereocenters. The number of hydrazone groups is 1. The highest BCUT2D eigenvalue weighted by Gasteiger charge is 2.15. The van der Waals surface area contributed by atoms with Gasteiger partial charge in [0.25, 0.3) is 0 Å². The molecule has 0 saturated heterocycles. The number of methoxy groups -OCH3 is 1. The van der Waals surface area contributed by atoms with Crippen molar-refractivity contribution in [1.29, 1.82) is 0 Å². The van der Waals surface area contributed by atoms with E-state index in [4.69, 9.17) is 18.9 Å². The minimum absolute atomic E-state index is 0.246. The van der Waals surface area contributed by atoms with Gasteiger partial charge in [-0.2, -0.15) is 5.10 Å². The Morgan fingerprint density at radius 3 is 2.50 bits per heavy atom.